The van der Waals surface area contributed by atoms with E-state index in [9.17, 15) is 9.59 Å². The van der Waals surface area contributed by atoms with E-state index in [1.807, 2.05) is 42.5 Å². The molecule has 6 nitrogen and oxygen atoms in total. The third-order valence-corrected chi connectivity index (χ3v) is 7.14. The lowest BCUT2D eigenvalue weighted by Gasteiger charge is -2.30. The third kappa shape index (κ3) is 7.87. The molecule has 0 aliphatic rings. The van der Waals surface area contributed by atoms with Gasteiger partial charge in [-0.25, -0.2) is 4.79 Å². The minimum atomic E-state index is -1.28. The first-order valence-electron chi connectivity index (χ1n) is 13.8. The van der Waals surface area contributed by atoms with Gasteiger partial charge in [-0.05, 0) is 86.9 Å². The average Bonchev–Trinajstić information content (AvgIpc) is 2.98. The molecule has 1 unspecified atom stereocenters. The zero-order chi connectivity index (χ0) is 29.4. The molecule has 41 heavy (non-hydrogen) atoms. The Balaban J connectivity index is 1.43. The maximum atomic E-state index is 13.4. The zero-order valence-electron chi connectivity index (χ0n) is 23.9. The van der Waals surface area contributed by atoms with Crippen LogP contribution in [-0.4, -0.2) is 54.6 Å². The number of nitrogens with zero attached hydrogens (tertiary/aromatic N) is 1. The van der Waals surface area contributed by atoms with Crippen molar-refractivity contribution < 1.29 is 23.8 Å². The molecule has 4 aromatic rings. The van der Waals surface area contributed by atoms with Gasteiger partial charge in [0, 0.05) is 28.1 Å². The van der Waals surface area contributed by atoms with Gasteiger partial charge in [-0.2, -0.15) is 0 Å². The highest BCUT2D eigenvalue weighted by atomic mass is 35.5. The first-order valence-corrected chi connectivity index (χ1v) is 14.2. The highest BCUT2D eigenvalue weighted by Crippen LogP contribution is 2.26. The predicted octanol–water partition coefficient (Wildman–Crippen LogP) is 7.21. The molecule has 1 atom stereocenters. The molecule has 7 heteroatoms. The summed E-state index contributed by atoms with van der Waals surface area (Å²) in [6.07, 6.45) is -0.511. The molecule has 0 aliphatic heterocycles. The minimum absolute atomic E-state index is 0.127. The van der Waals surface area contributed by atoms with Crippen LogP contribution in [0.1, 0.15) is 43.6 Å². The van der Waals surface area contributed by atoms with E-state index >= 15 is 0 Å². The second-order valence-corrected chi connectivity index (χ2v) is 10.7. The van der Waals surface area contributed by atoms with E-state index in [0.717, 1.165) is 29.6 Å². The topological polar surface area (TPSA) is 65.1 Å². The molecule has 0 aromatic heterocycles. The summed E-state index contributed by atoms with van der Waals surface area (Å²) in [7, 11) is 0. The number of carbonyl (C=O) groups excluding carboxylic acids is 2. The molecule has 0 radical (unpaired) electrons. The first-order chi connectivity index (χ1) is 19.7. The summed E-state index contributed by atoms with van der Waals surface area (Å²) < 4.78 is 18.2. The standard InChI is InChI=1S/C34H36ClNO5/c1-5-36(6-2)22-29(23-39-31-13-9-11-24-10-7-8-12-30(24)31)40-33(38)34(3,4)41-28-20-16-26(17-21-28)32(37)25-14-18-27(35)19-15-25/h7-21,29H,5-6,22-23H2,1-4H3. The Kier molecular flexibility index (Phi) is 10.0. The van der Waals surface area contributed by atoms with Crippen LogP contribution in [0.25, 0.3) is 10.8 Å². The summed E-state index contributed by atoms with van der Waals surface area (Å²) in [6.45, 7) is 9.85. The number of rotatable bonds is 13. The molecule has 0 heterocycles. The molecule has 0 spiro atoms. The van der Waals surface area contributed by atoms with Crippen LogP contribution in [0.4, 0.5) is 0 Å². The Morgan fingerprint density at radius 2 is 1.44 bits per heavy atom. The van der Waals surface area contributed by atoms with E-state index in [4.69, 9.17) is 25.8 Å². The second kappa shape index (κ2) is 13.7. The van der Waals surface area contributed by atoms with Gasteiger partial charge < -0.3 is 19.1 Å². The molecule has 0 N–H and O–H groups in total. The molecule has 4 aromatic carbocycles. The van der Waals surface area contributed by atoms with E-state index in [1.165, 1.54) is 0 Å². The molecule has 214 valence electrons. The Morgan fingerprint density at radius 1 is 0.829 bits per heavy atom. The lowest BCUT2D eigenvalue weighted by Crippen LogP contribution is -2.45. The van der Waals surface area contributed by atoms with Crippen molar-refractivity contribution in [1.29, 1.82) is 0 Å². The van der Waals surface area contributed by atoms with Crippen LogP contribution >= 0.6 is 11.6 Å². The number of hydrogen-bond acceptors (Lipinski definition) is 6. The highest BCUT2D eigenvalue weighted by molar-refractivity contribution is 6.30. The molecule has 0 saturated carbocycles. The van der Waals surface area contributed by atoms with Gasteiger partial charge in [0.2, 0.25) is 0 Å². The van der Waals surface area contributed by atoms with Crippen LogP contribution in [0.3, 0.4) is 0 Å². The number of likely N-dealkylation sites (N-methyl/N-ethyl adjacent to an activating group) is 1. The van der Waals surface area contributed by atoms with Gasteiger partial charge in [0.1, 0.15) is 24.2 Å². The number of fused-ring (bicyclic) bond motifs is 1. The Morgan fingerprint density at radius 3 is 2.10 bits per heavy atom. The van der Waals surface area contributed by atoms with Crippen LogP contribution in [0.15, 0.2) is 91.0 Å². The van der Waals surface area contributed by atoms with E-state index in [1.54, 1.807) is 62.4 Å². The molecule has 4 rings (SSSR count). The summed E-state index contributed by atoms with van der Waals surface area (Å²) in [5, 5.41) is 2.65. The summed E-state index contributed by atoms with van der Waals surface area (Å²) in [5.74, 6) is 0.564. The van der Waals surface area contributed by atoms with Crippen molar-refractivity contribution in [3.63, 3.8) is 0 Å². The zero-order valence-corrected chi connectivity index (χ0v) is 24.7. The van der Waals surface area contributed by atoms with Gasteiger partial charge >= 0.3 is 5.97 Å². The molecule has 0 aliphatic carbocycles. The quantitative estimate of drug-likeness (QED) is 0.124. The summed E-state index contributed by atoms with van der Waals surface area (Å²) in [6, 6.07) is 27.4. The van der Waals surface area contributed by atoms with Crippen LogP contribution in [-0.2, 0) is 9.53 Å². The summed E-state index contributed by atoms with van der Waals surface area (Å²) in [5.41, 5.74) is -0.232. The number of esters is 1. The lowest BCUT2D eigenvalue weighted by atomic mass is 10.0. The van der Waals surface area contributed by atoms with Gasteiger partial charge in [0.15, 0.2) is 11.4 Å². The van der Waals surface area contributed by atoms with Crippen LogP contribution in [0.2, 0.25) is 5.02 Å². The molecular formula is C34H36ClNO5. The maximum Gasteiger partial charge on any atom is 0.350 e. The molecular weight excluding hydrogens is 538 g/mol. The number of ketones is 1. The van der Waals surface area contributed by atoms with Crippen LogP contribution < -0.4 is 9.47 Å². The fraction of sp³-hybridized carbons (Fsp3) is 0.294. The first kappa shape index (κ1) is 30.1. The molecule has 0 amide bonds. The van der Waals surface area contributed by atoms with Crippen LogP contribution in [0.5, 0.6) is 11.5 Å². The van der Waals surface area contributed by atoms with Crippen LogP contribution in [0, 0.1) is 0 Å². The third-order valence-electron chi connectivity index (χ3n) is 6.89. The Bertz CT molecular complexity index is 1460. The summed E-state index contributed by atoms with van der Waals surface area (Å²) >= 11 is 5.93. The molecule has 0 fully saturated rings. The number of carbonyl (C=O) groups is 2. The fourth-order valence-electron chi connectivity index (χ4n) is 4.47. The lowest BCUT2D eigenvalue weighted by molar-refractivity contribution is -0.167. The van der Waals surface area contributed by atoms with Crippen molar-refractivity contribution in [2.24, 2.45) is 0 Å². The van der Waals surface area contributed by atoms with E-state index in [2.05, 4.69) is 18.7 Å². The highest BCUT2D eigenvalue weighted by Gasteiger charge is 2.34. The summed E-state index contributed by atoms with van der Waals surface area (Å²) in [4.78, 5) is 28.3. The van der Waals surface area contributed by atoms with Crippen molar-refractivity contribution in [2.45, 2.75) is 39.4 Å². The van der Waals surface area contributed by atoms with Crippen molar-refractivity contribution in [2.75, 3.05) is 26.2 Å². The Labute approximate surface area is 246 Å². The van der Waals surface area contributed by atoms with Gasteiger partial charge in [0.05, 0.1) is 0 Å². The number of benzene rings is 4. The van der Waals surface area contributed by atoms with E-state index < -0.39 is 17.7 Å². The normalized spacial score (nSPS) is 12.2. The SMILES string of the molecule is CCN(CC)CC(COc1cccc2ccccc12)OC(=O)C(C)(C)Oc1ccc(C(=O)c2ccc(Cl)cc2)cc1. The largest absolute Gasteiger partial charge is 0.489 e. The van der Waals surface area contributed by atoms with Crippen molar-refractivity contribution in [3.05, 3.63) is 107 Å². The number of halogens is 1. The Hall–Kier alpha value is -3.87. The van der Waals surface area contributed by atoms with E-state index in [0.29, 0.717) is 28.4 Å². The number of ether oxygens (including phenoxy) is 3. The van der Waals surface area contributed by atoms with Crippen molar-refractivity contribution in [3.8, 4) is 11.5 Å². The van der Waals surface area contributed by atoms with Crippen molar-refractivity contribution in [1.82, 2.24) is 4.90 Å². The minimum Gasteiger partial charge on any atom is -0.489 e. The fourth-order valence-corrected chi connectivity index (χ4v) is 4.60. The monoisotopic (exact) mass is 573 g/mol. The molecule has 0 saturated heterocycles. The van der Waals surface area contributed by atoms with Gasteiger partial charge in [-0.3, -0.25) is 4.79 Å². The van der Waals surface area contributed by atoms with E-state index in [-0.39, 0.29) is 12.4 Å². The second-order valence-electron chi connectivity index (χ2n) is 10.3. The molecule has 0 bridgehead atoms. The van der Waals surface area contributed by atoms with Gasteiger partial charge in [0.25, 0.3) is 0 Å². The van der Waals surface area contributed by atoms with Crippen molar-refractivity contribution >= 4 is 34.1 Å². The maximum absolute atomic E-state index is 13.4. The van der Waals surface area contributed by atoms with Gasteiger partial charge in [-0.1, -0.05) is 61.8 Å². The average molecular weight is 574 g/mol. The van der Waals surface area contributed by atoms with Gasteiger partial charge in [-0.15, -0.1) is 0 Å². The smallest absolute Gasteiger partial charge is 0.350 e. The predicted molar refractivity (Wildman–Crippen MR) is 163 cm³/mol. The number of hydrogen-bond donors (Lipinski definition) is 0.